The molecule has 0 bridgehead atoms. The molecule has 1 unspecified atom stereocenters. The summed E-state index contributed by atoms with van der Waals surface area (Å²) in [5, 5.41) is 27.5. The Kier molecular flexibility index (Phi) is 7.48. The van der Waals surface area contributed by atoms with E-state index in [9.17, 15) is 9.90 Å². The van der Waals surface area contributed by atoms with E-state index in [0.717, 1.165) is 5.56 Å². The van der Waals surface area contributed by atoms with Gasteiger partial charge >= 0.3 is 12.1 Å². The molecule has 0 radical (unpaired) electrons. The Morgan fingerprint density at radius 2 is 2.00 bits per heavy atom. The number of aliphatic hydroxyl groups excluding tert-OH is 1. The standard InChI is InChI=1S/C16H20N2O4/c1-12(10-17)6-5-9-14(15(19)20)18-16(21)22-11-13-7-3-2-4-8-13/h2-4,7-8,12,14H,5-6,9,11H2,1H3,(H,18,21)(H,19,20)/p+1/t12?,14-/m0/s1. The lowest BCUT2D eigenvalue weighted by atomic mass is 10.0. The molecule has 0 spiro atoms. The van der Waals surface area contributed by atoms with Crippen LogP contribution in [0.2, 0.25) is 0 Å². The summed E-state index contributed by atoms with van der Waals surface area (Å²) in [5.74, 6) is -1.18. The summed E-state index contributed by atoms with van der Waals surface area (Å²) in [7, 11) is 0. The molecule has 6 nitrogen and oxygen atoms in total. The molecule has 0 saturated heterocycles. The van der Waals surface area contributed by atoms with E-state index in [1.54, 1.807) is 6.92 Å². The summed E-state index contributed by atoms with van der Waals surface area (Å²) < 4.78 is 5.10. The number of rotatable bonds is 8. The molecular weight excluding hydrogens is 284 g/mol. The second kappa shape index (κ2) is 9.40. The number of nitrogens with zero attached hydrogens (tertiary/aromatic N) is 1. The lowest BCUT2D eigenvalue weighted by Gasteiger charge is -2.05. The van der Waals surface area contributed by atoms with E-state index in [2.05, 4.69) is 11.1 Å². The Bertz CT molecular complexity index is 537. The minimum Gasteiger partial charge on any atom is -0.476 e. The molecule has 0 aliphatic rings. The molecule has 0 aliphatic carbocycles. The van der Waals surface area contributed by atoms with Crippen molar-refractivity contribution in [3.05, 3.63) is 35.9 Å². The number of carbonyl (C=O) groups is 1. The summed E-state index contributed by atoms with van der Waals surface area (Å²) in [6.07, 6.45) is 0.989. The summed E-state index contributed by atoms with van der Waals surface area (Å²) >= 11 is 0. The number of ether oxygens (including phenoxy) is 1. The van der Waals surface area contributed by atoms with E-state index in [1.807, 2.05) is 30.3 Å². The first-order valence-corrected chi connectivity index (χ1v) is 7.14. The zero-order valence-corrected chi connectivity index (χ0v) is 12.5. The fourth-order valence-electron chi connectivity index (χ4n) is 1.87. The normalized spacial score (nSPS) is 13.9. The van der Waals surface area contributed by atoms with Crippen LogP contribution < -0.4 is 4.99 Å². The van der Waals surface area contributed by atoms with Gasteiger partial charge in [-0.15, -0.1) is 0 Å². The maximum absolute atomic E-state index is 11.1. The number of benzene rings is 1. The molecule has 118 valence electrons. The SMILES string of the molecule is CC(C#N)CCC[C@H]([NH+]=C(O)OCc1ccccc1)C(=O)O. The molecule has 0 saturated carbocycles. The van der Waals surface area contributed by atoms with E-state index in [1.165, 1.54) is 0 Å². The van der Waals surface area contributed by atoms with Gasteiger partial charge < -0.3 is 14.9 Å². The van der Waals surface area contributed by atoms with E-state index in [4.69, 9.17) is 15.1 Å². The number of nitrogens with one attached hydrogen (secondary N) is 1. The van der Waals surface area contributed by atoms with E-state index < -0.39 is 18.1 Å². The van der Waals surface area contributed by atoms with Gasteiger partial charge in [0, 0.05) is 12.3 Å². The topological polar surface area (TPSA) is 105 Å². The molecule has 0 amide bonds. The number of hydrogen-bond acceptors (Lipinski definition) is 3. The van der Waals surface area contributed by atoms with E-state index in [0.29, 0.717) is 19.3 Å². The molecule has 0 aliphatic heterocycles. The van der Waals surface area contributed by atoms with Crippen LogP contribution in [-0.2, 0) is 16.1 Å². The molecule has 6 heteroatoms. The van der Waals surface area contributed by atoms with Gasteiger partial charge in [0.05, 0.1) is 6.07 Å². The first-order chi connectivity index (χ1) is 10.5. The van der Waals surface area contributed by atoms with Crippen LogP contribution in [-0.4, -0.2) is 28.3 Å². The molecule has 1 aromatic rings. The van der Waals surface area contributed by atoms with Crippen molar-refractivity contribution < 1.29 is 24.7 Å². The van der Waals surface area contributed by atoms with Gasteiger partial charge in [0.1, 0.15) is 6.61 Å². The number of carboxylic acid groups (broad SMARTS) is 1. The molecule has 0 fully saturated rings. The lowest BCUT2D eigenvalue weighted by molar-refractivity contribution is -0.511. The number of carboxylic acids is 1. The van der Waals surface area contributed by atoms with Gasteiger partial charge in [-0.2, -0.15) is 10.3 Å². The molecule has 2 atom stereocenters. The third kappa shape index (κ3) is 6.75. The van der Waals surface area contributed by atoms with Crippen molar-refractivity contribution in [2.24, 2.45) is 5.92 Å². The van der Waals surface area contributed by atoms with Crippen molar-refractivity contribution in [3.8, 4) is 6.07 Å². The predicted octanol–water partition coefficient (Wildman–Crippen LogP) is 0.981. The summed E-state index contributed by atoms with van der Waals surface area (Å²) in [6.45, 7) is 1.94. The van der Waals surface area contributed by atoms with Crippen LogP contribution in [0.3, 0.4) is 0 Å². The zero-order valence-electron chi connectivity index (χ0n) is 12.5. The van der Waals surface area contributed by atoms with Crippen molar-refractivity contribution >= 4 is 12.1 Å². The van der Waals surface area contributed by atoms with Crippen molar-refractivity contribution in [1.29, 1.82) is 5.26 Å². The summed E-state index contributed by atoms with van der Waals surface area (Å²) in [6, 6.07) is 10.4. The van der Waals surface area contributed by atoms with Crippen molar-refractivity contribution in [2.75, 3.05) is 0 Å². The largest absolute Gasteiger partial charge is 0.546 e. The maximum Gasteiger partial charge on any atom is 0.546 e. The Morgan fingerprint density at radius 3 is 2.59 bits per heavy atom. The van der Waals surface area contributed by atoms with Crippen LogP contribution in [0.25, 0.3) is 0 Å². The molecular formula is C16H21N2O4+. The highest BCUT2D eigenvalue weighted by atomic mass is 16.6. The highest BCUT2D eigenvalue weighted by molar-refractivity contribution is 5.72. The second-order valence-corrected chi connectivity index (χ2v) is 5.08. The summed E-state index contributed by atoms with van der Waals surface area (Å²) in [4.78, 5) is 13.6. The molecule has 0 aromatic heterocycles. The minimum atomic E-state index is -1.07. The quantitative estimate of drug-likeness (QED) is 0.490. The van der Waals surface area contributed by atoms with Gasteiger partial charge in [-0.1, -0.05) is 30.3 Å². The second-order valence-electron chi connectivity index (χ2n) is 5.08. The monoisotopic (exact) mass is 305 g/mol. The Hall–Kier alpha value is -2.55. The van der Waals surface area contributed by atoms with Crippen molar-refractivity contribution in [1.82, 2.24) is 0 Å². The molecule has 1 aromatic carbocycles. The van der Waals surface area contributed by atoms with Crippen LogP contribution in [0.1, 0.15) is 31.7 Å². The van der Waals surface area contributed by atoms with E-state index in [-0.39, 0.29) is 12.5 Å². The van der Waals surface area contributed by atoms with Crippen molar-refractivity contribution in [2.45, 2.75) is 38.8 Å². The van der Waals surface area contributed by atoms with Crippen molar-refractivity contribution in [3.63, 3.8) is 0 Å². The van der Waals surface area contributed by atoms with Gasteiger partial charge in [-0.3, -0.25) is 0 Å². The molecule has 0 heterocycles. The van der Waals surface area contributed by atoms with Crippen LogP contribution >= 0.6 is 0 Å². The maximum atomic E-state index is 11.1. The van der Waals surface area contributed by atoms with Crippen LogP contribution in [0.15, 0.2) is 30.3 Å². The fraction of sp³-hybridized carbons (Fsp3) is 0.438. The Labute approximate surface area is 129 Å². The lowest BCUT2D eigenvalue weighted by Crippen LogP contribution is -2.82. The van der Waals surface area contributed by atoms with Crippen LogP contribution in [0.4, 0.5) is 0 Å². The summed E-state index contributed by atoms with van der Waals surface area (Å²) in [5.41, 5.74) is 0.866. The third-order valence-corrected chi connectivity index (χ3v) is 3.16. The fourth-order valence-corrected chi connectivity index (χ4v) is 1.87. The van der Waals surface area contributed by atoms with Gasteiger partial charge in [0.25, 0.3) is 6.04 Å². The highest BCUT2D eigenvalue weighted by Crippen LogP contribution is 2.07. The first-order valence-electron chi connectivity index (χ1n) is 7.14. The van der Waals surface area contributed by atoms with Gasteiger partial charge in [0.2, 0.25) is 0 Å². The Morgan fingerprint density at radius 1 is 1.32 bits per heavy atom. The third-order valence-electron chi connectivity index (χ3n) is 3.16. The first kappa shape index (κ1) is 17.5. The van der Waals surface area contributed by atoms with Crippen LogP contribution in [0.5, 0.6) is 0 Å². The molecule has 22 heavy (non-hydrogen) atoms. The number of hydrogen-bond donors (Lipinski definition) is 3. The zero-order chi connectivity index (χ0) is 16.4. The number of aliphatic carboxylic acids is 1. The number of nitriles is 1. The average Bonchev–Trinajstić information content (AvgIpc) is 2.52. The molecule has 3 N–H and O–H groups in total. The van der Waals surface area contributed by atoms with Crippen LogP contribution in [0, 0.1) is 17.2 Å². The highest BCUT2D eigenvalue weighted by Gasteiger charge is 2.24. The van der Waals surface area contributed by atoms with Gasteiger partial charge in [-0.05, 0) is 25.3 Å². The van der Waals surface area contributed by atoms with Gasteiger partial charge in [0.15, 0.2) is 0 Å². The van der Waals surface area contributed by atoms with Gasteiger partial charge in [-0.25, -0.2) is 4.79 Å². The van der Waals surface area contributed by atoms with E-state index >= 15 is 0 Å². The molecule has 1 rings (SSSR count). The number of aliphatic hydroxyl groups is 1. The predicted molar refractivity (Wildman–Crippen MR) is 79.9 cm³/mol. The minimum absolute atomic E-state index is 0.110. The average molecular weight is 305 g/mol. The Balaban J connectivity index is 2.49. The smallest absolute Gasteiger partial charge is 0.476 e.